The molecule has 0 atom stereocenters. The normalized spacial score (nSPS) is 14.1. The smallest absolute Gasteiger partial charge is 0.0682 e. The second kappa shape index (κ2) is 13.2. The van der Waals surface area contributed by atoms with Crippen LogP contribution in [0.25, 0.3) is 0 Å². The van der Waals surface area contributed by atoms with E-state index in [0.29, 0.717) is 0 Å². The third kappa shape index (κ3) is 4.61. The van der Waals surface area contributed by atoms with Crippen LogP contribution in [0.4, 0.5) is 0 Å². The van der Waals surface area contributed by atoms with Crippen molar-refractivity contribution in [2.45, 2.75) is 130 Å². The lowest BCUT2D eigenvalue weighted by molar-refractivity contribution is 1.21. The van der Waals surface area contributed by atoms with Gasteiger partial charge in [-0.15, -0.1) is 0 Å². The maximum Gasteiger partial charge on any atom is 0.0716 e. The molecule has 38 heavy (non-hydrogen) atoms. The van der Waals surface area contributed by atoms with Gasteiger partial charge in [-0.25, -0.2) is 0 Å². The van der Waals surface area contributed by atoms with E-state index < -0.39 is 43.6 Å². The molecule has 0 N–H and O–H groups in total. The molecule has 0 unspecified atom stereocenters. The number of hydrogen-bond donors (Lipinski definition) is 0. The predicted molar refractivity (Wildman–Crippen MR) is 194 cm³/mol. The molecule has 0 radical (unpaired) electrons. The fourth-order valence-corrected chi connectivity index (χ4v) is 193. The first-order chi connectivity index (χ1) is 17.9. The van der Waals surface area contributed by atoms with Gasteiger partial charge in [-0.3, -0.25) is 0 Å². The molecule has 0 aliphatic heterocycles. The first-order valence-electron chi connectivity index (χ1n) is 16.1. The molecular weight excluding hydrogens is 553 g/mol. The molecule has 0 heterocycles. The summed E-state index contributed by atoms with van der Waals surface area (Å²) in [6.45, 7) is 33.1. The van der Waals surface area contributed by atoms with E-state index >= 15 is 0 Å². The molecule has 2 rings (SSSR count). The zero-order valence-electron chi connectivity index (χ0n) is 27.4. The lowest BCUT2D eigenvalue weighted by atomic mass is 10.4. The highest BCUT2D eigenvalue weighted by Crippen LogP contribution is 2.53. The van der Waals surface area contributed by atoms with Gasteiger partial charge in [0.2, 0.25) is 0 Å². The van der Waals surface area contributed by atoms with Gasteiger partial charge in [-0.2, -0.15) is 0 Å². The summed E-state index contributed by atoms with van der Waals surface area (Å²) >= 11 is 0. The largest absolute Gasteiger partial charge is 0.0716 e. The van der Waals surface area contributed by atoms with Gasteiger partial charge in [0.1, 0.15) is 0 Å². The van der Waals surface area contributed by atoms with Gasteiger partial charge < -0.3 is 0 Å². The molecule has 0 amide bonds. The van der Waals surface area contributed by atoms with Gasteiger partial charge in [0.05, 0.1) is 15.2 Å². The molecule has 0 aliphatic carbocycles. The highest BCUT2D eigenvalue weighted by atomic mass is 30.0. The van der Waals surface area contributed by atoms with Crippen molar-refractivity contribution in [3.63, 3.8) is 0 Å². The molecule has 0 saturated carbocycles. The van der Waals surface area contributed by atoms with Gasteiger partial charge in [0.15, 0.2) is 0 Å². The van der Waals surface area contributed by atoms with Gasteiger partial charge >= 0.3 is 0 Å². The maximum atomic E-state index is 2.86. The summed E-state index contributed by atoms with van der Waals surface area (Å²) in [4.78, 5) is 0. The van der Waals surface area contributed by atoms with Crippen LogP contribution < -0.4 is 10.4 Å². The third-order valence-corrected chi connectivity index (χ3v) is 130. The van der Waals surface area contributed by atoms with Crippen LogP contribution in [0.1, 0.15) is 55.4 Å². The van der Waals surface area contributed by atoms with Crippen molar-refractivity contribution in [2.75, 3.05) is 0 Å². The van der Waals surface area contributed by atoms with E-state index in [1.807, 2.05) is 0 Å². The van der Waals surface area contributed by atoms with Crippen LogP contribution >= 0.6 is 0 Å². The Balaban J connectivity index is 3.12. The zero-order valence-corrected chi connectivity index (χ0v) is 33.4. The van der Waals surface area contributed by atoms with Crippen molar-refractivity contribution in [1.29, 1.82) is 0 Å². The van der Waals surface area contributed by atoms with E-state index in [1.165, 1.54) is 24.2 Å². The van der Waals surface area contributed by atoms with Crippen molar-refractivity contribution in [1.82, 2.24) is 0 Å². The van der Waals surface area contributed by atoms with E-state index in [1.54, 1.807) is 34.5 Å². The first-order valence-corrected chi connectivity index (χ1v) is 36.7. The summed E-state index contributed by atoms with van der Waals surface area (Å²) in [6.07, 6.45) is 0. The van der Waals surface area contributed by atoms with Crippen LogP contribution in [-0.4, -0.2) is 43.6 Å². The summed E-state index contributed by atoms with van der Waals surface area (Å²) in [7, 11) is -9.70. The van der Waals surface area contributed by atoms with Crippen molar-refractivity contribution < 1.29 is 0 Å². The Hall–Kier alpha value is -0.259. The molecule has 0 aromatic heterocycles. The minimum atomic E-state index is -1.65. The molecular formula is C32H62Si6. The summed E-state index contributed by atoms with van der Waals surface area (Å²) in [5, 5.41) is 3.56. The second-order valence-electron chi connectivity index (χ2n) is 13.1. The Kier molecular flexibility index (Phi) is 11.7. The Morgan fingerprint density at radius 1 is 0.342 bits per heavy atom. The molecule has 0 nitrogen and oxygen atoms in total. The molecule has 2 aromatic carbocycles. The van der Waals surface area contributed by atoms with Crippen molar-refractivity contribution in [3.05, 3.63) is 60.7 Å². The highest BCUT2D eigenvalue weighted by Gasteiger charge is 2.73. The molecule has 0 spiro atoms. The van der Waals surface area contributed by atoms with Gasteiger partial charge in [-0.05, 0) is 0 Å². The third-order valence-electron chi connectivity index (χ3n) is 13.0. The van der Waals surface area contributed by atoms with Crippen molar-refractivity contribution in [2.24, 2.45) is 0 Å². The molecule has 6 heteroatoms. The zero-order chi connectivity index (χ0) is 28.9. The average molecular weight is 615 g/mol. The highest BCUT2D eigenvalue weighted by molar-refractivity contribution is 7.99. The van der Waals surface area contributed by atoms with Crippen LogP contribution in [-0.2, 0) is 0 Å². The van der Waals surface area contributed by atoms with Gasteiger partial charge in [0.25, 0.3) is 0 Å². The Morgan fingerprint density at radius 3 is 0.737 bits per heavy atom. The van der Waals surface area contributed by atoms with E-state index in [9.17, 15) is 0 Å². The monoisotopic (exact) mass is 614 g/mol. The Morgan fingerprint density at radius 2 is 0.553 bits per heavy atom. The molecule has 214 valence electrons. The minimum absolute atomic E-state index is 1.53. The van der Waals surface area contributed by atoms with Crippen LogP contribution in [0.2, 0.25) is 74.5 Å². The summed E-state index contributed by atoms with van der Waals surface area (Å²) in [5.74, 6) is 0. The number of rotatable bonds is 15. The maximum absolute atomic E-state index is 2.86. The molecule has 0 fully saturated rings. The standard InChI is InChI=1S/C32H62Si6/c1-13-35(14-2,33(9,10)31-27-23-21-24-28-31)37(17-5,18-6)38(19-7,20-8)36(15-3,16-4)34(11,12)32-29-25-22-26-30-32/h21-30H,13-20H2,1-12H3. The lowest BCUT2D eigenvalue weighted by Crippen LogP contribution is -2.95. The topological polar surface area (TPSA) is 0 Å². The van der Waals surface area contributed by atoms with Crippen LogP contribution in [0.3, 0.4) is 0 Å². The van der Waals surface area contributed by atoms with Crippen LogP contribution in [0.15, 0.2) is 60.7 Å². The lowest BCUT2D eigenvalue weighted by Gasteiger charge is -2.69. The second-order valence-corrected chi connectivity index (χ2v) is 71.6. The minimum Gasteiger partial charge on any atom is -0.0682 e. The quantitative estimate of drug-likeness (QED) is 0.175. The van der Waals surface area contributed by atoms with E-state index in [0.717, 1.165) is 0 Å². The van der Waals surface area contributed by atoms with Crippen molar-refractivity contribution >= 4 is 54.0 Å². The molecule has 0 bridgehead atoms. The average Bonchev–Trinajstić information content (AvgIpc) is 2.96. The van der Waals surface area contributed by atoms with E-state index in [4.69, 9.17) is 0 Å². The van der Waals surface area contributed by atoms with Crippen LogP contribution in [0.5, 0.6) is 0 Å². The summed E-state index contributed by atoms with van der Waals surface area (Å²) < 4.78 is 0. The SMILES string of the molecule is CC[Si](CC)([Si](C)(C)c1ccccc1)[Si](CC)(CC)[Si](CC)(CC)[Si](CC)(CC)[Si](C)(C)c1ccccc1. The van der Waals surface area contributed by atoms with E-state index in [2.05, 4.69) is 142 Å². The van der Waals surface area contributed by atoms with Crippen LogP contribution in [0, 0.1) is 0 Å². The van der Waals surface area contributed by atoms with E-state index in [-0.39, 0.29) is 0 Å². The van der Waals surface area contributed by atoms with Gasteiger partial charge in [0, 0.05) is 28.4 Å². The number of hydrogen-bond acceptors (Lipinski definition) is 0. The van der Waals surface area contributed by atoms with Crippen molar-refractivity contribution in [3.8, 4) is 0 Å². The van der Waals surface area contributed by atoms with Gasteiger partial charge in [-0.1, -0.05) is 201 Å². The Bertz CT molecular complexity index is 888. The molecule has 2 aromatic rings. The fraction of sp³-hybridized carbons (Fsp3) is 0.625. The first kappa shape index (κ1) is 33.9. The number of benzene rings is 2. The predicted octanol–water partition coefficient (Wildman–Crippen LogP) is 9.56. The summed E-state index contributed by atoms with van der Waals surface area (Å²) in [5.41, 5.74) is 0. The summed E-state index contributed by atoms with van der Waals surface area (Å²) in [6, 6.07) is 36.5. The Labute approximate surface area is 243 Å². The fourth-order valence-electron chi connectivity index (χ4n) is 11.2. The molecule has 0 aliphatic rings. The molecule has 0 saturated heterocycles.